The molecular weight excluding hydrogens is 232 g/mol. The summed E-state index contributed by atoms with van der Waals surface area (Å²) in [6.07, 6.45) is 15.5. The van der Waals surface area contributed by atoms with Crippen molar-refractivity contribution in [3.05, 3.63) is 0 Å². The number of nitrogens with one attached hydrogen (secondary N) is 2. The molecule has 0 atom stereocenters. The summed E-state index contributed by atoms with van der Waals surface area (Å²) in [7, 11) is 0. The van der Waals surface area contributed by atoms with E-state index in [2.05, 4.69) is 24.5 Å². The molecule has 0 aromatic heterocycles. The van der Waals surface area contributed by atoms with E-state index < -0.39 is 0 Å². The van der Waals surface area contributed by atoms with Gasteiger partial charge in [-0.25, -0.2) is 0 Å². The lowest BCUT2D eigenvalue weighted by Crippen LogP contribution is -2.15. The van der Waals surface area contributed by atoms with Crippen LogP contribution < -0.4 is 10.6 Å². The lowest BCUT2D eigenvalue weighted by molar-refractivity contribution is 0.535. The van der Waals surface area contributed by atoms with E-state index in [1.54, 1.807) is 0 Å². The quantitative estimate of drug-likeness (QED) is 0.404. The maximum atomic E-state index is 3.47. The van der Waals surface area contributed by atoms with Crippen molar-refractivity contribution in [2.45, 2.75) is 84.5 Å². The van der Waals surface area contributed by atoms with Crippen LogP contribution >= 0.6 is 0 Å². The fourth-order valence-corrected chi connectivity index (χ4v) is 2.39. The van der Waals surface area contributed by atoms with E-state index >= 15 is 0 Å². The Hall–Kier alpha value is -0.0800. The Kier molecular flexibility index (Phi) is 17.8. The van der Waals surface area contributed by atoms with Gasteiger partial charge in [0.15, 0.2) is 0 Å². The van der Waals surface area contributed by atoms with E-state index in [-0.39, 0.29) is 0 Å². The van der Waals surface area contributed by atoms with Crippen LogP contribution in [-0.4, -0.2) is 26.2 Å². The van der Waals surface area contributed by atoms with Gasteiger partial charge in [0, 0.05) is 0 Å². The van der Waals surface area contributed by atoms with E-state index in [0.29, 0.717) is 0 Å². The molecule has 0 saturated heterocycles. The van der Waals surface area contributed by atoms with Gasteiger partial charge in [-0.05, 0) is 45.4 Å². The van der Waals surface area contributed by atoms with E-state index in [1.807, 2.05) is 0 Å². The highest BCUT2D eigenvalue weighted by molar-refractivity contribution is 4.51. The van der Waals surface area contributed by atoms with Crippen LogP contribution in [-0.2, 0) is 0 Å². The van der Waals surface area contributed by atoms with Crippen LogP contribution in [0.5, 0.6) is 0 Å². The third-order valence-corrected chi connectivity index (χ3v) is 3.63. The topological polar surface area (TPSA) is 24.1 Å². The van der Waals surface area contributed by atoms with Crippen LogP contribution in [0.3, 0.4) is 0 Å². The minimum Gasteiger partial charge on any atom is -0.317 e. The second kappa shape index (κ2) is 17.9. The molecular formula is C17H38N2. The van der Waals surface area contributed by atoms with Crippen LogP contribution in [0.1, 0.15) is 84.5 Å². The molecule has 19 heavy (non-hydrogen) atoms. The normalized spacial score (nSPS) is 11.1. The lowest BCUT2D eigenvalue weighted by atomic mass is 10.1. The molecule has 0 aliphatic heterocycles. The second-order valence-electron chi connectivity index (χ2n) is 5.64. The minimum atomic E-state index is 1.12. The smallest absolute Gasteiger partial charge is 0.00489 e. The Bertz CT molecular complexity index is 132. The highest BCUT2D eigenvalue weighted by Gasteiger charge is 1.93. The van der Waals surface area contributed by atoms with E-state index in [4.69, 9.17) is 0 Å². The molecule has 0 bridgehead atoms. The van der Waals surface area contributed by atoms with Gasteiger partial charge in [-0.1, -0.05) is 65.2 Å². The molecule has 0 aromatic rings. The molecule has 0 rings (SSSR count). The zero-order valence-electron chi connectivity index (χ0n) is 13.6. The first-order valence-electron chi connectivity index (χ1n) is 8.83. The van der Waals surface area contributed by atoms with Gasteiger partial charge in [0.25, 0.3) is 0 Å². The van der Waals surface area contributed by atoms with Gasteiger partial charge in [0.05, 0.1) is 0 Å². The molecule has 0 unspecified atom stereocenters. The summed E-state index contributed by atoms with van der Waals surface area (Å²) in [5.41, 5.74) is 0. The number of rotatable bonds is 16. The molecule has 0 heterocycles. The van der Waals surface area contributed by atoms with Crippen molar-refractivity contribution >= 4 is 0 Å². The summed E-state index contributed by atoms with van der Waals surface area (Å²) in [4.78, 5) is 0. The standard InChI is InChI=1S/C17H38N2/c1-3-15-19-17-14-12-10-8-6-5-7-9-11-13-16-18-4-2/h18-19H,3-17H2,1-2H3. The van der Waals surface area contributed by atoms with Gasteiger partial charge in [-0.2, -0.15) is 0 Å². The minimum absolute atomic E-state index is 1.12. The summed E-state index contributed by atoms with van der Waals surface area (Å²) >= 11 is 0. The van der Waals surface area contributed by atoms with Crippen molar-refractivity contribution in [1.29, 1.82) is 0 Å². The predicted molar refractivity (Wildman–Crippen MR) is 87.9 cm³/mol. The molecule has 2 nitrogen and oxygen atoms in total. The summed E-state index contributed by atoms with van der Waals surface area (Å²) in [5.74, 6) is 0. The van der Waals surface area contributed by atoms with Crippen LogP contribution in [0, 0.1) is 0 Å². The summed E-state index contributed by atoms with van der Waals surface area (Å²) in [5, 5.41) is 6.86. The SMILES string of the molecule is CCCNCCCCCCCCCCCCNCC. The van der Waals surface area contributed by atoms with E-state index in [9.17, 15) is 0 Å². The molecule has 2 N–H and O–H groups in total. The highest BCUT2D eigenvalue weighted by Crippen LogP contribution is 2.10. The van der Waals surface area contributed by atoms with Crippen molar-refractivity contribution in [2.75, 3.05) is 26.2 Å². The molecule has 116 valence electrons. The fraction of sp³-hybridized carbons (Fsp3) is 1.00. The summed E-state index contributed by atoms with van der Waals surface area (Å²) < 4.78 is 0. The van der Waals surface area contributed by atoms with Crippen molar-refractivity contribution in [1.82, 2.24) is 10.6 Å². The van der Waals surface area contributed by atoms with Crippen LogP contribution in [0.2, 0.25) is 0 Å². The van der Waals surface area contributed by atoms with E-state index in [0.717, 1.165) is 6.54 Å². The molecule has 0 radical (unpaired) electrons. The molecule has 0 aromatic carbocycles. The van der Waals surface area contributed by atoms with Gasteiger partial charge < -0.3 is 10.6 Å². The zero-order valence-corrected chi connectivity index (χ0v) is 13.6. The highest BCUT2D eigenvalue weighted by atomic mass is 14.8. The van der Waals surface area contributed by atoms with Crippen molar-refractivity contribution in [2.24, 2.45) is 0 Å². The van der Waals surface area contributed by atoms with Crippen molar-refractivity contribution < 1.29 is 0 Å². The Morgan fingerprint density at radius 3 is 1.32 bits per heavy atom. The van der Waals surface area contributed by atoms with Crippen LogP contribution in [0.25, 0.3) is 0 Å². The van der Waals surface area contributed by atoms with Crippen LogP contribution in [0.4, 0.5) is 0 Å². The first-order valence-corrected chi connectivity index (χ1v) is 8.83. The number of hydrogen-bond donors (Lipinski definition) is 2. The summed E-state index contributed by atoms with van der Waals surface area (Å²) in [6.45, 7) is 9.15. The van der Waals surface area contributed by atoms with Gasteiger partial charge in [0.2, 0.25) is 0 Å². The average molecular weight is 271 g/mol. The molecule has 0 aliphatic carbocycles. The molecule has 0 aliphatic rings. The number of hydrogen-bond acceptors (Lipinski definition) is 2. The second-order valence-corrected chi connectivity index (χ2v) is 5.64. The molecule has 0 spiro atoms. The zero-order chi connectivity index (χ0) is 14.0. The van der Waals surface area contributed by atoms with Crippen molar-refractivity contribution in [3.8, 4) is 0 Å². The average Bonchev–Trinajstić information content (AvgIpc) is 2.43. The van der Waals surface area contributed by atoms with Crippen molar-refractivity contribution in [3.63, 3.8) is 0 Å². The van der Waals surface area contributed by atoms with Gasteiger partial charge in [-0.3, -0.25) is 0 Å². The molecule has 2 heteroatoms. The molecule has 0 fully saturated rings. The number of unbranched alkanes of at least 4 members (excludes halogenated alkanes) is 9. The Balaban J connectivity index is 2.88. The molecule has 0 amide bonds. The maximum absolute atomic E-state index is 3.47. The first kappa shape index (κ1) is 18.9. The largest absolute Gasteiger partial charge is 0.317 e. The third kappa shape index (κ3) is 17.9. The van der Waals surface area contributed by atoms with Gasteiger partial charge in [-0.15, -0.1) is 0 Å². The van der Waals surface area contributed by atoms with E-state index in [1.165, 1.54) is 90.3 Å². The first-order chi connectivity index (χ1) is 9.41. The lowest BCUT2D eigenvalue weighted by Gasteiger charge is -2.04. The Morgan fingerprint density at radius 1 is 0.474 bits per heavy atom. The van der Waals surface area contributed by atoms with Gasteiger partial charge >= 0.3 is 0 Å². The van der Waals surface area contributed by atoms with Crippen LogP contribution in [0.15, 0.2) is 0 Å². The monoisotopic (exact) mass is 270 g/mol. The Morgan fingerprint density at radius 2 is 0.895 bits per heavy atom. The van der Waals surface area contributed by atoms with Gasteiger partial charge in [0.1, 0.15) is 0 Å². The predicted octanol–water partition coefficient (Wildman–Crippen LogP) is 4.50. The summed E-state index contributed by atoms with van der Waals surface area (Å²) in [6, 6.07) is 0. The maximum Gasteiger partial charge on any atom is -0.00489 e. The fourth-order valence-electron chi connectivity index (χ4n) is 2.39. The Labute approximate surface area is 122 Å². The molecule has 0 saturated carbocycles. The third-order valence-electron chi connectivity index (χ3n) is 3.63.